The van der Waals surface area contributed by atoms with Crippen molar-refractivity contribution in [1.82, 2.24) is 0 Å². The largest absolute Gasteiger partial charge is 0.143 e. The van der Waals surface area contributed by atoms with Gasteiger partial charge in [-0.1, -0.05) is 35.4 Å². The molecule has 7 rings (SSSR count). The fraction of sp³-hybridized carbons (Fsp3) is 0.176. The van der Waals surface area contributed by atoms with Gasteiger partial charge in [0.05, 0.1) is 0 Å². The maximum absolute atomic E-state index is 2.51. The third kappa shape index (κ3) is 2.92. The molecule has 0 spiro atoms. The van der Waals surface area contributed by atoms with Crippen LogP contribution in [0.25, 0.3) is 32.0 Å². The normalized spacial score (nSPS) is 13.2. The van der Waals surface area contributed by atoms with Crippen molar-refractivity contribution < 1.29 is 0 Å². The molecule has 176 valence electrons. The lowest BCUT2D eigenvalue weighted by atomic mass is 9.90. The van der Waals surface area contributed by atoms with Crippen molar-refractivity contribution in [3.8, 4) is 20.9 Å². The summed E-state index contributed by atoms with van der Waals surface area (Å²) in [6, 6.07) is 19.0. The second-order valence-corrected chi connectivity index (χ2v) is 12.4. The summed E-state index contributed by atoms with van der Waals surface area (Å²) in [7, 11) is 0. The first-order valence-corrected chi connectivity index (χ1v) is 14.3. The molecule has 0 nitrogen and oxygen atoms in total. The zero-order valence-corrected chi connectivity index (χ0v) is 23.2. The molecule has 3 aromatic carbocycles. The minimum atomic E-state index is 1.33. The van der Waals surface area contributed by atoms with Crippen molar-refractivity contribution in [2.45, 2.75) is 41.5 Å². The van der Waals surface area contributed by atoms with Gasteiger partial charge in [-0.15, -0.1) is 22.7 Å². The Labute approximate surface area is 220 Å². The van der Waals surface area contributed by atoms with E-state index in [4.69, 9.17) is 0 Å². The first kappa shape index (κ1) is 22.0. The molecular weight excluding hydrogens is 473 g/mol. The number of hydrogen-bond acceptors (Lipinski definition) is 2. The van der Waals surface area contributed by atoms with Gasteiger partial charge in [0.1, 0.15) is 0 Å². The van der Waals surface area contributed by atoms with E-state index >= 15 is 0 Å². The van der Waals surface area contributed by atoms with E-state index in [2.05, 4.69) is 101 Å². The lowest BCUT2D eigenvalue weighted by Gasteiger charge is -2.14. The van der Waals surface area contributed by atoms with E-state index in [-0.39, 0.29) is 0 Å². The minimum Gasteiger partial charge on any atom is -0.143 e. The highest BCUT2D eigenvalue weighted by atomic mass is 32.1. The number of benzene rings is 3. The quantitative estimate of drug-likeness (QED) is 0.225. The van der Waals surface area contributed by atoms with Crippen LogP contribution in [0.4, 0.5) is 0 Å². The van der Waals surface area contributed by atoms with Crippen LogP contribution in [0.2, 0.25) is 0 Å². The van der Waals surface area contributed by atoms with Gasteiger partial charge in [-0.25, -0.2) is 0 Å². The van der Waals surface area contributed by atoms with Crippen LogP contribution < -0.4 is 10.4 Å². The Kier molecular flexibility index (Phi) is 4.68. The maximum atomic E-state index is 2.51. The molecule has 0 amide bonds. The Morgan fingerprint density at radius 2 is 0.806 bits per heavy atom. The maximum Gasteiger partial charge on any atom is 0.0428 e. The first-order valence-electron chi connectivity index (χ1n) is 12.6. The van der Waals surface area contributed by atoms with Crippen LogP contribution in [0.15, 0.2) is 59.3 Å². The topological polar surface area (TPSA) is 0 Å². The van der Waals surface area contributed by atoms with Crippen LogP contribution in [0.3, 0.4) is 0 Å². The molecule has 0 saturated carbocycles. The Hall–Kier alpha value is -3.20. The van der Waals surface area contributed by atoms with Crippen molar-refractivity contribution in [3.63, 3.8) is 0 Å². The molecule has 36 heavy (non-hydrogen) atoms. The zero-order chi connectivity index (χ0) is 24.9. The van der Waals surface area contributed by atoms with E-state index in [0.29, 0.717) is 0 Å². The van der Waals surface area contributed by atoms with Crippen molar-refractivity contribution >= 4 is 33.8 Å². The fourth-order valence-electron chi connectivity index (χ4n) is 6.80. The molecular formula is C34H28S2. The van der Waals surface area contributed by atoms with Gasteiger partial charge in [0.15, 0.2) is 0 Å². The molecule has 2 aliphatic carbocycles. The summed E-state index contributed by atoms with van der Waals surface area (Å²) in [6.07, 6.45) is 0. The highest BCUT2D eigenvalue weighted by Gasteiger charge is 2.30. The van der Waals surface area contributed by atoms with Crippen molar-refractivity contribution in [2.75, 3.05) is 0 Å². The monoisotopic (exact) mass is 500 g/mol. The molecule has 0 atom stereocenters. The summed E-state index contributed by atoms with van der Waals surface area (Å²) >= 11 is 3.75. The third-order valence-electron chi connectivity index (χ3n) is 7.91. The zero-order valence-electron chi connectivity index (χ0n) is 21.6. The highest BCUT2D eigenvalue weighted by Crippen LogP contribution is 2.45. The molecule has 0 aliphatic heterocycles. The Bertz CT molecular complexity index is 1700. The van der Waals surface area contributed by atoms with Gasteiger partial charge in [0, 0.05) is 32.0 Å². The highest BCUT2D eigenvalue weighted by molar-refractivity contribution is 7.14. The molecule has 0 unspecified atom stereocenters. The number of rotatable bonds is 2. The van der Waals surface area contributed by atoms with Crippen LogP contribution in [-0.4, -0.2) is 0 Å². The average Bonchev–Trinajstić information content (AvgIpc) is 3.55. The summed E-state index contributed by atoms with van der Waals surface area (Å²) in [4.78, 5) is 2.82. The van der Waals surface area contributed by atoms with Gasteiger partial charge in [-0.05, 0) is 132 Å². The van der Waals surface area contributed by atoms with E-state index in [1.54, 1.807) is 0 Å². The third-order valence-corrected chi connectivity index (χ3v) is 9.80. The Morgan fingerprint density at radius 3 is 1.17 bits per heavy atom. The number of thiophene rings is 2. The molecule has 2 heteroatoms. The molecule has 5 aromatic rings. The lowest BCUT2D eigenvalue weighted by molar-refractivity contribution is 1.28. The molecule has 2 aromatic heterocycles. The molecule has 0 saturated heterocycles. The molecule has 0 N–H and O–H groups in total. The van der Waals surface area contributed by atoms with Gasteiger partial charge in [-0.2, -0.15) is 0 Å². The lowest BCUT2D eigenvalue weighted by Crippen LogP contribution is -2.16. The van der Waals surface area contributed by atoms with E-state index in [1.807, 2.05) is 22.7 Å². The van der Waals surface area contributed by atoms with E-state index in [9.17, 15) is 0 Å². The van der Waals surface area contributed by atoms with Crippen molar-refractivity contribution in [2.24, 2.45) is 0 Å². The summed E-state index contributed by atoms with van der Waals surface area (Å²) in [5.74, 6) is 0. The van der Waals surface area contributed by atoms with E-state index in [1.165, 1.54) is 98.1 Å². The molecule has 2 heterocycles. The fourth-order valence-corrected chi connectivity index (χ4v) is 8.66. The second-order valence-electron chi connectivity index (χ2n) is 10.6. The van der Waals surface area contributed by atoms with E-state index in [0.717, 1.165) is 0 Å². The summed E-state index contributed by atoms with van der Waals surface area (Å²) in [5, 5.41) is 7.30. The van der Waals surface area contributed by atoms with Crippen LogP contribution >= 0.6 is 22.7 Å². The standard InChI is InChI=1S/C34H28S2/c1-17-11-19(3)29(20(4)12-17)31-23-7-9-35-33(23)27-16-26-28(15-25(27)31)34-24(8-10-36-34)32(26)30-21(5)13-18(2)14-22(30)6/h7-16H,1-6H3. The molecule has 0 fully saturated rings. The molecule has 0 bridgehead atoms. The van der Waals surface area contributed by atoms with Crippen LogP contribution in [0, 0.1) is 41.5 Å². The first-order chi connectivity index (χ1) is 17.3. The SMILES string of the molecule is Cc1cc(C)c(C2=c3cc4c(cc3-c3sccc32)=C(c2c(C)cc(C)cc2C)c2ccsc2-4)c(C)c1. The van der Waals surface area contributed by atoms with Crippen LogP contribution in [-0.2, 0) is 0 Å². The predicted octanol–water partition coefficient (Wildman–Crippen LogP) is 8.12. The van der Waals surface area contributed by atoms with Gasteiger partial charge in [0.25, 0.3) is 0 Å². The number of fused-ring (bicyclic) bond motifs is 6. The summed E-state index contributed by atoms with van der Waals surface area (Å²) in [5.41, 5.74) is 19.3. The van der Waals surface area contributed by atoms with Crippen LogP contribution in [0.5, 0.6) is 0 Å². The second kappa shape index (κ2) is 7.65. The van der Waals surface area contributed by atoms with E-state index < -0.39 is 0 Å². The number of hydrogen-bond donors (Lipinski definition) is 0. The minimum absolute atomic E-state index is 1.33. The van der Waals surface area contributed by atoms with Crippen LogP contribution in [0.1, 0.15) is 55.6 Å². The van der Waals surface area contributed by atoms with Gasteiger partial charge in [0.2, 0.25) is 0 Å². The molecule has 0 radical (unpaired) electrons. The summed E-state index contributed by atoms with van der Waals surface area (Å²) < 4.78 is 0. The van der Waals surface area contributed by atoms with Crippen molar-refractivity contribution in [1.29, 1.82) is 0 Å². The van der Waals surface area contributed by atoms with Crippen molar-refractivity contribution in [3.05, 3.63) is 125 Å². The van der Waals surface area contributed by atoms with Gasteiger partial charge < -0.3 is 0 Å². The predicted molar refractivity (Wildman–Crippen MR) is 157 cm³/mol. The average molecular weight is 501 g/mol. The molecule has 2 aliphatic rings. The number of aryl methyl sites for hydroxylation is 6. The Morgan fingerprint density at radius 1 is 0.444 bits per heavy atom. The van der Waals surface area contributed by atoms with Gasteiger partial charge >= 0.3 is 0 Å². The van der Waals surface area contributed by atoms with Gasteiger partial charge in [-0.3, -0.25) is 0 Å². The Balaban J connectivity index is 1.64. The summed E-state index contributed by atoms with van der Waals surface area (Å²) in [6.45, 7) is 13.5. The smallest absolute Gasteiger partial charge is 0.0428 e.